The lowest BCUT2D eigenvalue weighted by molar-refractivity contribution is 0.0615. The zero-order valence-electron chi connectivity index (χ0n) is 8.81. The molecule has 4 N–H and O–H groups in total. The molecule has 0 bridgehead atoms. The number of rotatable bonds is 6. The fraction of sp³-hybridized carbons (Fsp3) is 0.500. The Kier molecular flexibility index (Phi) is 4.86. The van der Waals surface area contributed by atoms with Crippen LogP contribution in [0.5, 0.6) is 0 Å². The van der Waals surface area contributed by atoms with Gasteiger partial charge in [-0.05, 0) is 18.6 Å². The van der Waals surface area contributed by atoms with E-state index in [1.165, 1.54) is 0 Å². The van der Waals surface area contributed by atoms with Gasteiger partial charge in [-0.15, -0.1) is 0 Å². The molecule has 84 valence electrons. The number of ether oxygens (including phenoxy) is 1. The Labute approximate surface area is 89.3 Å². The molecule has 0 aliphatic carbocycles. The third-order valence-electron chi connectivity index (χ3n) is 1.95. The SMILES string of the molecule is COCC(O)CCNc1ccc(N)nc1. The molecule has 0 spiro atoms. The van der Waals surface area contributed by atoms with Gasteiger partial charge in [0.25, 0.3) is 0 Å². The predicted molar refractivity (Wildman–Crippen MR) is 59.6 cm³/mol. The van der Waals surface area contributed by atoms with Crippen LogP contribution in [0.1, 0.15) is 6.42 Å². The maximum atomic E-state index is 9.37. The van der Waals surface area contributed by atoms with Gasteiger partial charge in [0.05, 0.1) is 24.6 Å². The molecule has 0 saturated carbocycles. The van der Waals surface area contributed by atoms with E-state index in [1.54, 1.807) is 19.4 Å². The van der Waals surface area contributed by atoms with Crippen molar-refractivity contribution >= 4 is 11.5 Å². The second-order valence-electron chi connectivity index (χ2n) is 3.30. The van der Waals surface area contributed by atoms with Crippen LogP contribution in [0.15, 0.2) is 18.3 Å². The molecular formula is C10H17N3O2. The zero-order chi connectivity index (χ0) is 11.1. The van der Waals surface area contributed by atoms with Crippen LogP contribution in [-0.2, 0) is 4.74 Å². The van der Waals surface area contributed by atoms with Crippen molar-refractivity contribution in [1.29, 1.82) is 0 Å². The molecule has 5 nitrogen and oxygen atoms in total. The highest BCUT2D eigenvalue weighted by Crippen LogP contribution is 2.06. The van der Waals surface area contributed by atoms with Gasteiger partial charge in [-0.1, -0.05) is 0 Å². The van der Waals surface area contributed by atoms with Gasteiger partial charge in [-0.2, -0.15) is 0 Å². The lowest BCUT2D eigenvalue weighted by Crippen LogP contribution is -2.18. The van der Waals surface area contributed by atoms with Crippen molar-refractivity contribution in [2.24, 2.45) is 0 Å². The normalized spacial score (nSPS) is 12.4. The average Bonchev–Trinajstić information content (AvgIpc) is 2.21. The molecular weight excluding hydrogens is 194 g/mol. The number of nitrogens with zero attached hydrogens (tertiary/aromatic N) is 1. The quantitative estimate of drug-likeness (QED) is 0.637. The van der Waals surface area contributed by atoms with Crippen LogP contribution in [0.25, 0.3) is 0 Å². The molecule has 1 aromatic heterocycles. The molecule has 0 fully saturated rings. The topological polar surface area (TPSA) is 80.4 Å². The number of nitrogens with one attached hydrogen (secondary N) is 1. The molecule has 5 heteroatoms. The van der Waals surface area contributed by atoms with E-state index in [0.717, 1.165) is 5.69 Å². The van der Waals surface area contributed by atoms with E-state index in [2.05, 4.69) is 10.3 Å². The highest BCUT2D eigenvalue weighted by atomic mass is 16.5. The van der Waals surface area contributed by atoms with Crippen molar-refractivity contribution < 1.29 is 9.84 Å². The van der Waals surface area contributed by atoms with Crippen molar-refractivity contribution in [3.05, 3.63) is 18.3 Å². The minimum Gasteiger partial charge on any atom is -0.391 e. The molecule has 0 saturated heterocycles. The third-order valence-corrected chi connectivity index (χ3v) is 1.95. The molecule has 15 heavy (non-hydrogen) atoms. The number of hydrogen-bond acceptors (Lipinski definition) is 5. The monoisotopic (exact) mass is 211 g/mol. The number of aliphatic hydroxyl groups excluding tert-OH is 1. The summed E-state index contributed by atoms with van der Waals surface area (Å²) in [5.41, 5.74) is 6.34. The summed E-state index contributed by atoms with van der Waals surface area (Å²) >= 11 is 0. The first-order valence-electron chi connectivity index (χ1n) is 4.85. The third kappa shape index (κ3) is 4.62. The van der Waals surface area contributed by atoms with E-state index >= 15 is 0 Å². The summed E-state index contributed by atoms with van der Waals surface area (Å²) in [5, 5.41) is 12.5. The Bertz CT molecular complexity index is 277. The van der Waals surface area contributed by atoms with E-state index in [9.17, 15) is 5.11 Å². The second kappa shape index (κ2) is 6.21. The summed E-state index contributed by atoms with van der Waals surface area (Å²) < 4.78 is 4.82. The largest absolute Gasteiger partial charge is 0.391 e. The first kappa shape index (κ1) is 11.7. The Balaban J connectivity index is 2.22. The minimum atomic E-state index is -0.427. The molecule has 1 aromatic rings. The Morgan fingerprint density at radius 2 is 2.40 bits per heavy atom. The van der Waals surface area contributed by atoms with E-state index in [1.807, 2.05) is 6.07 Å². The van der Waals surface area contributed by atoms with Crippen molar-refractivity contribution in [1.82, 2.24) is 4.98 Å². The number of pyridine rings is 1. The molecule has 1 heterocycles. The highest BCUT2D eigenvalue weighted by Gasteiger charge is 2.02. The minimum absolute atomic E-state index is 0.363. The van der Waals surface area contributed by atoms with Gasteiger partial charge in [-0.3, -0.25) is 0 Å². The number of nitrogens with two attached hydrogens (primary N) is 1. The van der Waals surface area contributed by atoms with Crippen molar-refractivity contribution in [2.75, 3.05) is 31.3 Å². The van der Waals surface area contributed by atoms with Crippen molar-refractivity contribution in [3.63, 3.8) is 0 Å². The molecule has 0 radical (unpaired) electrons. The lowest BCUT2D eigenvalue weighted by atomic mass is 10.2. The fourth-order valence-electron chi connectivity index (χ4n) is 1.17. The van der Waals surface area contributed by atoms with Crippen LogP contribution in [0.2, 0.25) is 0 Å². The standard InChI is InChI=1S/C10H17N3O2/c1-15-7-9(14)4-5-12-8-2-3-10(11)13-6-8/h2-3,6,9,12,14H,4-5,7H2,1H3,(H2,11,13). The van der Waals surface area contributed by atoms with Crippen LogP contribution in [0.4, 0.5) is 11.5 Å². The summed E-state index contributed by atoms with van der Waals surface area (Å²) in [4.78, 5) is 3.94. The number of hydrogen-bond donors (Lipinski definition) is 3. The summed E-state index contributed by atoms with van der Waals surface area (Å²) in [5.74, 6) is 0.500. The van der Waals surface area contributed by atoms with E-state index in [-0.39, 0.29) is 0 Å². The molecule has 0 aromatic carbocycles. The van der Waals surface area contributed by atoms with Gasteiger partial charge < -0.3 is 20.9 Å². The number of aliphatic hydroxyl groups is 1. The van der Waals surface area contributed by atoms with Crippen LogP contribution in [-0.4, -0.2) is 36.5 Å². The maximum Gasteiger partial charge on any atom is 0.123 e. The van der Waals surface area contributed by atoms with Gasteiger partial charge in [-0.25, -0.2) is 4.98 Å². The van der Waals surface area contributed by atoms with Gasteiger partial charge in [0, 0.05) is 13.7 Å². The molecule has 0 amide bonds. The number of anilines is 2. The lowest BCUT2D eigenvalue weighted by Gasteiger charge is -2.10. The van der Waals surface area contributed by atoms with E-state index in [4.69, 9.17) is 10.5 Å². The number of aromatic nitrogens is 1. The van der Waals surface area contributed by atoms with Crippen LogP contribution in [0, 0.1) is 0 Å². The van der Waals surface area contributed by atoms with Crippen LogP contribution >= 0.6 is 0 Å². The Hall–Kier alpha value is -1.33. The fourth-order valence-corrected chi connectivity index (χ4v) is 1.17. The van der Waals surface area contributed by atoms with Gasteiger partial charge >= 0.3 is 0 Å². The summed E-state index contributed by atoms with van der Waals surface area (Å²) in [6.07, 6.45) is 1.88. The smallest absolute Gasteiger partial charge is 0.123 e. The zero-order valence-corrected chi connectivity index (χ0v) is 8.81. The maximum absolute atomic E-state index is 9.37. The molecule has 1 atom stereocenters. The molecule has 1 rings (SSSR count). The highest BCUT2D eigenvalue weighted by molar-refractivity contribution is 5.45. The summed E-state index contributed by atoms with van der Waals surface area (Å²) in [6, 6.07) is 3.58. The predicted octanol–water partition coefficient (Wildman–Crippen LogP) is 0.473. The Morgan fingerprint density at radius 3 is 3.00 bits per heavy atom. The molecule has 1 unspecified atom stereocenters. The summed E-state index contributed by atoms with van der Waals surface area (Å²) in [6.45, 7) is 1.04. The number of nitrogen functional groups attached to an aromatic ring is 1. The molecule has 0 aliphatic rings. The average molecular weight is 211 g/mol. The van der Waals surface area contributed by atoms with Gasteiger partial charge in [0.1, 0.15) is 5.82 Å². The van der Waals surface area contributed by atoms with Gasteiger partial charge in [0.15, 0.2) is 0 Å². The van der Waals surface area contributed by atoms with Crippen molar-refractivity contribution in [2.45, 2.75) is 12.5 Å². The Morgan fingerprint density at radius 1 is 1.60 bits per heavy atom. The number of methoxy groups -OCH3 is 1. The molecule has 0 aliphatic heterocycles. The van der Waals surface area contributed by atoms with Gasteiger partial charge in [0.2, 0.25) is 0 Å². The van der Waals surface area contributed by atoms with Crippen LogP contribution in [0.3, 0.4) is 0 Å². The summed E-state index contributed by atoms with van der Waals surface area (Å²) in [7, 11) is 1.57. The second-order valence-corrected chi connectivity index (χ2v) is 3.30. The van der Waals surface area contributed by atoms with Crippen molar-refractivity contribution in [3.8, 4) is 0 Å². The van der Waals surface area contributed by atoms with Crippen LogP contribution < -0.4 is 11.1 Å². The van der Waals surface area contributed by atoms with E-state index < -0.39 is 6.10 Å². The van der Waals surface area contributed by atoms with E-state index in [0.29, 0.717) is 25.4 Å². The first-order valence-corrected chi connectivity index (χ1v) is 4.85. The first-order chi connectivity index (χ1) is 7.22.